The predicted octanol–water partition coefficient (Wildman–Crippen LogP) is 4.25. The molecule has 27 heavy (non-hydrogen) atoms. The van der Waals surface area contributed by atoms with Crippen LogP contribution < -0.4 is 5.73 Å². The second-order valence-electron chi connectivity index (χ2n) is 7.44. The van der Waals surface area contributed by atoms with E-state index in [4.69, 9.17) is 15.7 Å². The molecule has 0 fully saturated rings. The topological polar surface area (TPSA) is 55.0 Å². The van der Waals surface area contributed by atoms with E-state index in [2.05, 4.69) is 47.4 Å². The number of benzene rings is 1. The molecule has 1 atom stereocenters. The first-order chi connectivity index (χ1) is 13.3. The maximum Gasteiger partial charge on any atom is 0.0607 e. The Hall–Kier alpha value is -2.30. The second kappa shape index (κ2) is 8.59. The van der Waals surface area contributed by atoms with Crippen molar-refractivity contribution in [3.63, 3.8) is 0 Å². The molecule has 3 aromatic rings. The van der Waals surface area contributed by atoms with E-state index in [0.29, 0.717) is 6.04 Å². The van der Waals surface area contributed by atoms with Crippen LogP contribution in [-0.2, 0) is 13.0 Å². The molecule has 0 bridgehead atoms. The SMILES string of the molecule is NCCCCN(Cc1cc2ccccc2cn1)C1CCCc2cccnc21. The van der Waals surface area contributed by atoms with E-state index < -0.39 is 0 Å². The molecule has 0 amide bonds. The first-order valence-corrected chi connectivity index (χ1v) is 10.1. The number of nitrogens with two attached hydrogens (primary N) is 1. The lowest BCUT2D eigenvalue weighted by Crippen LogP contribution is -2.33. The van der Waals surface area contributed by atoms with Gasteiger partial charge in [-0.2, -0.15) is 0 Å². The molecule has 2 N–H and O–H groups in total. The smallest absolute Gasteiger partial charge is 0.0607 e. The van der Waals surface area contributed by atoms with Crippen LogP contribution >= 0.6 is 0 Å². The summed E-state index contributed by atoms with van der Waals surface area (Å²) in [4.78, 5) is 12.1. The van der Waals surface area contributed by atoms with Crippen molar-refractivity contribution in [3.05, 3.63) is 71.8 Å². The standard InChI is InChI=1S/C23H28N4/c24-12-3-4-14-27(22-11-5-9-18-10-6-13-25-23(18)22)17-21-15-19-7-1-2-8-20(19)16-26-21/h1-2,6-8,10,13,15-16,22H,3-5,9,11-12,14,17,24H2. The third kappa shape index (κ3) is 4.18. The molecule has 2 aromatic heterocycles. The molecule has 1 aliphatic carbocycles. The molecule has 4 rings (SSSR count). The molecule has 0 saturated carbocycles. The van der Waals surface area contributed by atoms with Crippen LogP contribution in [0.4, 0.5) is 0 Å². The van der Waals surface area contributed by atoms with E-state index >= 15 is 0 Å². The average Bonchev–Trinajstić information content (AvgIpc) is 2.73. The lowest BCUT2D eigenvalue weighted by molar-refractivity contribution is 0.161. The summed E-state index contributed by atoms with van der Waals surface area (Å²) < 4.78 is 0. The molecule has 1 unspecified atom stereocenters. The Bertz CT molecular complexity index is 892. The Morgan fingerprint density at radius 3 is 2.81 bits per heavy atom. The van der Waals surface area contributed by atoms with Gasteiger partial charge in [-0.3, -0.25) is 14.9 Å². The van der Waals surface area contributed by atoms with Crippen molar-refractivity contribution in [3.8, 4) is 0 Å². The number of aromatic nitrogens is 2. The molecule has 0 saturated heterocycles. The van der Waals surface area contributed by atoms with Gasteiger partial charge in [-0.05, 0) is 68.3 Å². The molecule has 1 aliphatic rings. The van der Waals surface area contributed by atoms with Crippen LogP contribution in [-0.4, -0.2) is 28.0 Å². The fourth-order valence-corrected chi connectivity index (χ4v) is 4.17. The Balaban J connectivity index is 1.60. The molecule has 1 aromatic carbocycles. The van der Waals surface area contributed by atoms with E-state index in [-0.39, 0.29) is 0 Å². The number of unbranched alkanes of at least 4 members (excludes halogenated alkanes) is 1. The molecule has 0 aliphatic heterocycles. The van der Waals surface area contributed by atoms with E-state index in [1.165, 1.54) is 34.9 Å². The molecular formula is C23H28N4. The van der Waals surface area contributed by atoms with Gasteiger partial charge in [0, 0.05) is 24.3 Å². The van der Waals surface area contributed by atoms with Gasteiger partial charge >= 0.3 is 0 Å². The maximum absolute atomic E-state index is 5.74. The van der Waals surface area contributed by atoms with E-state index in [0.717, 1.165) is 44.6 Å². The van der Waals surface area contributed by atoms with Gasteiger partial charge in [-0.1, -0.05) is 30.3 Å². The van der Waals surface area contributed by atoms with Gasteiger partial charge in [0.05, 0.1) is 17.4 Å². The second-order valence-corrected chi connectivity index (χ2v) is 7.44. The first kappa shape index (κ1) is 18.1. The predicted molar refractivity (Wildman–Crippen MR) is 110 cm³/mol. The van der Waals surface area contributed by atoms with Crippen molar-refractivity contribution in [2.75, 3.05) is 13.1 Å². The number of nitrogens with zero attached hydrogens (tertiary/aromatic N) is 3. The summed E-state index contributed by atoms with van der Waals surface area (Å²) in [5.41, 5.74) is 9.54. The van der Waals surface area contributed by atoms with Gasteiger partial charge in [-0.15, -0.1) is 0 Å². The summed E-state index contributed by atoms with van der Waals surface area (Å²) in [5, 5.41) is 2.45. The Labute approximate surface area is 161 Å². The van der Waals surface area contributed by atoms with Crippen LogP contribution in [0.2, 0.25) is 0 Å². The quantitative estimate of drug-likeness (QED) is 0.640. The lowest BCUT2D eigenvalue weighted by atomic mass is 9.90. The van der Waals surface area contributed by atoms with Gasteiger partial charge < -0.3 is 5.73 Å². The molecule has 0 spiro atoms. The summed E-state index contributed by atoms with van der Waals surface area (Å²) in [6, 6.07) is 15.3. The first-order valence-electron chi connectivity index (χ1n) is 10.1. The van der Waals surface area contributed by atoms with E-state index in [9.17, 15) is 0 Å². The normalized spacial score (nSPS) is 16.6. The Morgan fingerprint density at radius 2 is 1.93 bits per heavy atom. The van der Waals surface area contributed by atoms with E-state index in [1.807, 2.05) is 12.4 Å². The van der Waals surface area contributed by atoms with Crippen molar-refractivity contribution >= 4 is 10.8 Å². The van der Waals surface area contributed by atoms with Gasteiger partial charge in [-0.25, -0.2) is 0 Å². The van der Waals surface area contributed by atoms with Crippen molar-refractivity contribution in [2.24, 2.45) is 5.73 Å². The number of hydrogen-bond donors (Lipinski definition) is 1. The van der Waals surface area contributed by atoms with Gasteiger partial charge in [0.2, 0.25) is 0 Å². The zero-order valence-electron chi connectivity index (χ0n) is 15.8. The van der Waals surface area contributed by atoms with Crippen LogP contribution in [0.1, 0.15) is 48.7 Å². The average molecular weight is 361 g/mol. The Kier molecular flexibility index (Phi) is 5.75. The number of pyridine rings is 2. The van der Waals surface area contributed by atoms with Gasteiger partial charge in [0.1, 0.15) is 0 Å². The monoisotopic (exact) mass is 360 g/mol. The minimum atomic E-state index is 0.376. The van der Waals surface area contributed by atoms with Crippen molar-refractivity contribution < 1.29 is 0 Å². The lowest BCUT2D eigenvalue weighted by Gasteiger charge is -2.35. The highest BCUT2D eigenvalue weighted by Crippen LogP contribution is 2.34. The van der Waals surface area contributed by atoms with Gasteiger partial charge in [0.15, 0.2) is 0 Å². The molecule has 4 heteroatoms. The molecule has 140 valence electrons. The largest absolute Gasteiger partial charge is 0.330 e. The number of fused-ring (bicyclic) bond motifs is 2. The molecule has 4 nitrogen and oxygen atoms in total. The highest BCUT2D eigenvalue weighted by atomic mass is 15.2. The zero-order chi connectivity index (χ0) is 18.5. The van der Waals surface area contributed by atoms with Gasteiger partial charge in [0.25, 0.3) is 0 Å². The molecule has 2 heterocycles. The minimum absolute atomic E-state index is 0.376. The Morgan fingerprint density at radius 1 is 1.04 bits per heavy atom. The van der Waals surface area contributed by atoms with Crippen molar-refractivity contribution in [2.45, 2.75) is 44.7 Å². The number of aryl methyl sites for hydroxylation is 1. The highest BCUT2D eigenvalue weighted by Gasteiger charge is 2.27. The third-order valence-electron chi connectivity index (χ3n) is 5.56. The summed E-state index contributed by atoms with van der Waals surface area (Å²) in [5.74, 6) is 0. The summed E-state index contributed by atoms with van der Waals surface area (Å²) >= 11 is 0. The van der Waals surface area contributed by atoms with Crippen LogP contribution in [0.25, 0.3) is 10.8 Å². The van der Waals surface area contributed by atoms with Crippen molar-refractivity contribution in [1.82, 2.24) is 14.9 Å². The fraction of sp³-hybridized carbons (Fsp3) is 0.391. The van der Waals surface area contributed by atoms with Crippen molar-refractivity contribution in [1.29, 1.82) is 0 Å². The number of rotatable bonds is 7. The minimum Gasteiger partial charge on any atom is -0.330 e. The van der Waals surface area contributed by atoms with Crippen LogP contribution in [0.5, 0.6) is 0 Å². The fourth-order valence-electron chi connectivity index (χ4n) is 4.17. The zero-order valence-corrected chi connectivity index (χ0v) is 15.8. The summed E-state index contributed by atoms with van der Waals surface area (Å²) in [7, 11) is 0. The third-order valence-corrected chi connectivity index (χ3v) is 5.56. The van der Waals surface area contributed by atoms with Crippen LogP contribution in [0, 0.1) is 0 Å². The molecule has 0 radical (unpaired) electrons. The molecular weight excluding hydrogens is 332 g/mol. The van der Waals surface area contributed by atoms with Crippen LogP contribution in [0.15, 0.2) is 54.9 Å². The summed E-state index contributed by atoms with van der Waals surface area (Å²) in [6.07, 6.45) is 9.64. The summed E-state index contributed by atoms with van der Waals surface area (Å²) in [6.45, 7) is 2.64. The number of hydrogen-bond acceptors (Lipinski definition) is 4. The van der Waals surface area contributed by atoms with Crippen LogP contribution in [0.3, 0.4) is 0 Å². The van der Waals surface area contributed by atoms with E-state index in [1.54, 1.807) is 0 Å². The highest BCUT2D eigenvalue weighted by molar-refractivity contribution is 5.81. The maximum atomic E-state index is 5.74.